The molecule has 0 aliphatic rings. The van der Waals surface area contributed by atoms with Gasteiger partial charge in [0.2, 0.25) is 0 Å². The third kappa shape index (κ3) is 3.60. The third-order valence-electron chi connectivity index (χ3n) is 5.28. The van der Waals surface area contributed by atoms with Crippen LogP contribution in [0.15, 0.2) is 47.4 Å². The number of hydrogen-bond acceptors (Lipinski definition) is 5. The molecule has 0 aliphatic heterocycles. The molecular formula is C24H20N5O2. The van der Waals surface area contributed by atoms with Crippen LogP contribution in [0.4, 0.5) is 0 Å². The van der Waals surface area contributed by atoms with E-state index in [1.165, 1.54) is 0 Å². The smallest absolute Gasteiger partial charge is 0.272 e. The van der Waals surface area contributed by atoms with Gasteiger partial charge in [0.1, 0.15) is 5.75 Å². The highest BCUT2D eigenvalue weighted by molar-refractivity contribution is 5.94. The quantitative estimate of drug-likeness (QED) is 0.515. The first-order valence-corrected chi connectivity index (χ1v) is 9.56. The lowest BCUT2D eigenvalue weighted by Gasteiger charge is -2.08. The van der Waals surface area contributed by atoms with Gasteiger partial charge in [-0.3, -0.25) is 9.48 Å². The van der Waals surface area contributed by atoms with Crippen LogP contribution in [-0.2, 0) is 7.05 Å². The summed E-state index contributed by atoms with van der Waals surface area (Å²) in [5, 5.41) is 21.8. The Bertz CT molecular complexity index is 1440. The molecule has 2 heterocycles. The van der Waals surface area contributed by atoms with Crippen molar-refractivity contribution in [3.05, 3.63) is 82.4 Å². The molecule has 0 saturated carbocycles. The molecule has 7 heteroatoms. The number of H-pyrrole nitrogens is 1. The number of ether oxygens (including phenoxy) is 1. The summed E-state index contributed by atoms with van der Waals surface area (Å²) in [6.45, 7) is 5.86. The SMILES string of the molecule is [CH2]c1n[nH]c(=O)c2ccc(-c3cnn(C)c3C=C(C#N)c3ccc(C)c(OC)c3)cc12. The van der Waals surface area contributed by atoms with E-state index in [4.69, 9.17) is 4.74 Å². The molecule has 0 spiro atoms. The Labute approximate surface area is 179 Å². The van der Waals surface area contributed by atoms with Crippen molar-refractivity contribution in [3.63, 3.8) is 0 Å². The van der Waals surface area contributed by atoms with Gasteiger partial charge >= 0.3 is 0 Å². The van der Waals surface area contributed by atoms with E-state index in [2.05, 4.69) is 28.3 Å². The van der Waals surface area contributed by atoms with Gasteiger partial charge in [-0.2, -0.15) is 15.5 Å². The van der Waals surface area contributed by atoms with E-state index >= 15 is 0 Å². The first-order chi connectivity index (χ1) is 14.9. The van der Waals surface area contributed by atoms with E-state index in [1.807, 2.05) is 44.3 Å². The number of benzene rings is 2. The van der Waals surface area contributed by atoms with Crippen molar-refractivity contribution >= 4 is 22.4 Å². The Hall–Kier alpha value is -4.18. The summed E-state index contributed by atoms with van der Waals surface area (Å²) in [7, 11) is 3.43. The van der Waals surface area contributed by atoms with Crippen LogP contribution < -0.4 is 10.3 Å². The van der Waals surface area contributed by atoms with Crippen LogP contribution in [0, 0.1) is 25.2 Å². The highest BCUT2D eigenvalue weighted by Gasteiger charge is 2.14. The van der Waals surface area contributed by atoms with Crippen LogP contribution in [0.1, 0.15) is 22.5 Å². The Morgan fingerprint density at radius 3 is 2.81 bits per heavy atom. The van der Waals surface area contributed by atoms with Gasteiger partial charge in [0.15, 0.2) is 0 Å². The Kier molecular flexibility index (Phi) is 5.14. The molecule has 2 aromatic heterocycles. The first kappa shape index (κ1) is 20.1. The monoisotopic (exact) mass is 410 g/mol. The lowest BCUT2D eigenvalue weighted by Crippen LogP contribution is -2.09. The number of aromatic nitrogens is 4. The normalized spacial score (nSPS) is 11.5. The average molecular weight is 410 g/mol. The molecule has 0 saturated heterocycles. The Morgan fingerprint density at radius 2 is 2.06 bits per heavy atom. The molecule has 1 N–H and O–H groups in total. The zero-order chi connectivity index (χ0) is 22.1. The van der Waals surface area contributed by atoms with Crippen LogP contribution in [0.2, 0.25) is 0 Å². The average Bonchev–Trinajstić information content (AvgIpc) is 3.15. The number of nitrogens with zero attached hydrogens (tertiary/aromatic N) is 4. The van der Waals surface area contributed by atoms with Crippen LogP contribution in [0.5, 0.6) is 5.75 Å². The number of methoxy groups -OCH3 is 1. The number of rotatable bonds is 4. The van der Waals surface area contributed by atoms with E-state index in [1.54, 1.807) is 30.1 Å². The predicted octanol–water partition coefficient (Wildman–Crippen LogP) is 3.89. The second-order valence-corrected chi connectivity index (χ2v) is 7.18. The van der Waals surface area contributed by atoms with Crippen molar-refractivity contribution in [3.8, 4) is 22.9 Å². The fourth-order valence-electron chi connectivity index (χ4n) is 3.53. The highest BCUT2D eigenvalue weighted by atomic mass is 16.5. The summed E-state index contributed by atoms with van der Waals surface area (Å²) in [5.74, 6) is 0.721. The molecule has 0 atom stereocenters. The molecule has 0 fully saturated rings. The van der Waals surface area contributed by atoms with Crippen molar-refractivity contribution in [2.24, 2.45) is 7.05 Å². The van der Waals surface area contributed by atoms with Crippen molar-refractivity contribution in [2.75, 3.05) is 7.11 Å². The molecule has 1 radical (unpaired) electrons. The molecule has 4 rings (SSSR count). The van der Waals surface area contributed by atoms with Gasteiger partial charge in [-0.1, -0.05) is 18.2 Å². The van der Waals surface area contributed by atoms with Crippen LogP contribution >= 0.6 is 0 Å². The minimum absolute atomic E-state index is 0.264. The number of aryl methyl sites for hydroxylation is 2. The summed E-state index contributed by atoms with van der Waals surface area (Å²) in [6, 6.07) is 13.4. The van der Waals surface area contributed by atoms with E-state index in [0.29, 0.717) is 22.0 Å². The van der Waals surface area contributed by atoms with Gasteiger partial charge in [0.05, 0.1) is 41.7 Å². The molecule has 0 unspecified atom stereocenters. The fourth-order valence-corrected chi connectivity index (χ4v) is 3.53. The molecule has 4 aromatic rings. The van der Waals surface area contributed by atoms with Crippen molar-refractivity contribution in [2.45, 2.75) is 6.92 Å². The third-order valence-corrected chi connectivity index (χ3v) is 5.28. The van der Waals surface area contributed by atoms with E-state index in [-0.39, 0.29) is 5.56 Å². The number of aromatic amines is 1. The number of allylic oxidation sites excluding steroid dienone is 1. The molecule has 31 heavy (non-hydrogen) atoms. The zero-order valence-electron chi connectivity index (χ0n) is 17.4. The molecular weight excluding hydrogens is 390 g/mol. The number of nitrogens with one attached hydrogen (secondary N) is 1. The van der Waals surface area contributed by atoms with Gasteiger partial charge in [0.25, 0.3) is 5.56 Å². The first-order valence-electron chi connectivity index (χ1n) is 9.56. The lowest BCUT2D eigenvalue weighted by atomic mass is 9.99. The van der Waals surface area contributed by atoms with Gasteiger partial charge < -0.3 is 4.74 Å². The van der Waals surface area contributed by atoms with Gasteiger partial charge in [0, 0.05) is 18.0 Å². The maximum Gasteiger partial charge on any atom is 0.272 e. The number of fused-ring (bicyclic) bond motifs is 1. The maximum atomic E-state index is 12.0. The molecule has 7 nitrogen and oxygen atoms in total. The predicted molar refractivity (Wildman–Crippen MR) is 120 cm³/mol. The largest absolute Gasteiger partial charge is 0.496 e. The summed E-state index contributed by atoms with van der Waals surface area (Å²) in [6.07, 6.45) is 3.54. The molecule has 2 aromatic carbocycles. The van der Waals surface area contributed by atoms with Crippen molar-refractivity contribution < 1.29 is 4.74 Å². The second kappa shape index (κ2) is 7.92. The van der Waals surface area contributed by atoms with Gasteiger partial charge in [-0.15, -0.1) is 0 Å². The summed E-state index contributed by atoms with van der Waals surface area (Å²) < 4.78 is 7.11. The summed E-state index contributed by atoms with van der Waals surface area (Å²) in [4.78, 5) is 12.0. The highest BCUT2D eigenvalue weighted by Crippen LogP contribution is 2.30. The number of hydrogen-bond donors (Lipinski definition) is 1. The van der Waals surface area contributed by atoms with Crippen molar-refractivity contribution in [1.29, 1.82) is 5.26 Å². The van der Waals surface area contributed by atoms with E-state index in [0.717, 1.165) is 33.7 Å². The van der Waals surface area contributed by atoms with Crippen LogP contribution in [0.3, 0.4) is 0 Å². The fraction of sp³-hybridized carbons (Fsp3) is 0.125. The molecule has 0 aliphatic carbocycles. The molecule has 153 valence electrons. The topological polar surface area (TPSA) is 96.6 Å². The molecule has 0 bridgehead atoms. The Morgan fingerprint density at radius 1 is 1.26 bits per heavy atom. The van der Waals surface area contributed by atoms with E-state index in [9.17, 15) is 10.1 Å². The van der Waals surface area contributed by atoms with Crippen LogP contribution in [-0.4, -0.2) is 27.1 Å². The Balaban J connectivity index is 1.87. The summed E-state index contributed by atoms with van der Waals surface area (Å²) in [5.41, 5.74) is 4.90. The second-order valence-electron chi connectivity index (χ2n) is 7.18. The lowest BCUT2D eigenvalue weighted by molar-refractivity contribution is 0.411. The van der Waals surface area contributed by atoms with Gasteiger partial charge in [-0.25, -0.2) is 5.10 Å². The number of nitriles is 1. The minimum Gasteiger partial charge on any atom is -0.496 e. The van der Waals surface area contributed by atoms with Gasteiger partial charge in [-0.05, 0) is 54.8 Å². The standard InChI is InChI=1S/C24H20N5O2/c1-14-5-6-16(11-23(14)31-4)18(12-25)10-22-21(13-26-29(22)3)17-7-8-19-20(9-17)15(2)27-28-24(19)30/h5-11,13H,2H2,1,3-4H3,(H,28,30). The maximum absolute atomic E-state index is 12.0. The zero-order valence-corrected chi connectivity index (χ0v) is 17.4. The molecule has 0 amide bonds. The summed E-state index contributed by atoms with van der Waals surface area (Å²) >= 11 is 0. The van der Waals surface area contributed by atoms with Crippen LogP contribution in [0.25, 0.3) is 33.5 Å². The van der Waals surface area contributed by atoms with Crippen molar-refractivity contribution in [1.82, 2.24) is 20.0 Å². The van der Waals surface area contributed by atoms with E-state index < -0.39 is 0 Å². The minimum atomic E-state index is -0.264.